The summed E-state index contributed by atoms with van der Waals surface area (Å²) in [6, 6.07) is 3.40. The SMILES string of the molecule is CCNc1cc(C(=O)NCCS(=O)(=O)CC)cc(CC)n1. The van der Waals surface area contributed by atoms with Crippen LogP contribution in [0.4, 0.5) is 5.82 Å². The molecule has 0 atom stereocenters. The number of carbonyl (C=O) groups is 1. The maximum absolute atomic E-state index is 12.1. The van der Waals surface area contributed by atoms with Gasteiger partial charge in [0.2, 0.25) is 0 Å². The van der Waals surface area contributed by atoms with Crippen molar-refractivity contribution in [1.29, 1.82) is 0 Å². The van der Waals surface area contributed by atoms with Gasteiger partial charge in [0.1, 0.15) is 5.82 Å². The Morgan fingerprint density at radius 3 is 2.52 bits per heavy atom. The normalized spacial score (nSPS) is 11.2. The van der Waals surface area contributed by atoms with Crippen LogP contribution in [-0.4, -0.2) is 43.9 Å². The summed E-state index contributed by atoms with van der Waals surface area (Å²) in [6.07, 6.45) is 0.726. The number of anilines is 1. The molecule has 1 rings (SSSR count). The van der Waals surface area contributed by atoms with Gasteiger partial charge in [0.05, 0.1) is 5.75 Å². The summed E-state index contributed by atoms with van der Waals surface area (Å²) < 4.78 is 22.8. The van der Waals surface area contributed by atoms with Crippen molar-refractivity contribution in [3.05, 3.63) is 23.4 Å². The lowest BCUT2D eigenvalue weighted by atomic mass is 10.2. The van der Waals surface area contributed by atoms with Crippen molar-refractivity contribution in [2.75, 3.05) is 29.9 Å². The Bertz CT molecular complexity index is 585. The van der Waals surface area contributed by atoms with E-state index in [1.165, 1.54) is 0 Å². The molecule has 6 nitrogen and oxygen atoms in total. The monoisotopic (exact) mass is 313 g/mol. The Kier molecular flexibility index (Phi) is 6.61. The number of pyridine rings is 1. The average molecular weight is 313 g/mol. The van der Waals surface area contributed by atoms with Crippen molar-refractivity contribution >= 4 is 21.6 Å². The van der Waals surface area contributed by atoms with Gasteiger partial charge in [-0.1, -0.05) is 13.8 Å². The van der Waals surface area contributed by atoms with Gasteiger partial charge in [0, 0.05) is 30.1 Å². The molecule has 0 saturated carbocycles. The highest BCUT2D eigenvalue weighted by Crippen LogP contribution is 2.11. The van der Waals surface area contributed by atoms with Crippen LogP contribution in [0.2, 0.25) is 0 Å². The minimum atomic E-state index is -3.07. The lowest BCUT2D eigenvalue weighted by Crippen LogP contribution is -2.29. The number of rotatable bonds is 8. The third-order valence-corrected chi connectivity index (χ3v) is 4.70. The van der Waals surface area contributed by atoms with Gasteiger partial charge in [-0.25, -0.2) is 13.4 Å². The van der Waals surface area contributed by atoms with Crippen LogP contribution in [0.25, 0.3) is 0 Å². The third-order valence-electron chi connectivity index (χ3n) is 3.00. The third kappa shape index (κ3) is 5.71. The number of amides is 1. The first-order valence-corrected chi connectivity index (χ1v) is 8.97. The summed E-state index contributed by atoms with van der Waals surface area (Å²) in [5.41, 5.74) is 1.31. The second-order valence-corrected chi connectivity index (χ2v) is 7.08. The van der Waals surface area contributed by atoms with Crippen LogP contribution in [0, 0.1) is 0 Å². The minimum Gasteiger partial charge on any atom is -0.370 e. The quantitative estimate of drug-likeness (QED) is 0.754. The van der Waals surface area contributed by atoms with Crippen LogP contribution in [-0.2, 0) is 16.3 Å². The van der Waals surface area contributed by atoms with Crippen LogP contribution in [0.15, 0.2) is 12.1 Å². The Labute approximate surface area is 126 Å². The van der Waals surface area contributed by atoms with Crippen molar-refractivity contribution in [2.45, 2.75) is 27.2 Å². The Balaban J connectivity index is 2.75. The number of nitrogens with one attached hydrogen (secondary N) is 2. The van der Waals surface area contributed by atoms with E-state index in [1.807, 2.05) is 13.8 Å². The highest BCUT2D eigenvalue weighted by molar-refractivity contribution is 7.91. The van der Waals surface area contributed by atoms with Gasteiger partial charge in [-0.15, -0.1) is 0 Å². The smallest absolute Gasteiger partial charge is 0.251 e. The van der Waals surface area contributed by atoms with E-state index in [0.29, 0.717) is 11.4 Å². The molecule has 0 bridgehead atoms. The zero-order valence-corrected chi connectivity index (χ0v) is 13.6. The topological polar surface area (TPSA) is 88.2 Å². The zero-order chi connectivity index (χ0) is 15.9. The van der Waals surface area contributed by atoms with Crippen molar-refractivity contribution in [3.63, 3.8) is 0 Å². The predicted molar refractivity (Wildman–Crippen MR) is 84.4 cm³/mol. The zero-order valence-electron chi connectivity index (χ0n) is 12.8. The second kappa shape index (κ2) is 7.97. The largest absolute Gasteiger partial charge is 0.370 e. The van der Waals surface area contributed by atoms with Crippen LogP contribution in [0.5, 0.6) is 0 Å². The van der Waals surface area contributed by atoms with Crippen LogP contribution >= 0.6 is 0 Å². The molecule has 0 spiro atoms. The Hall–Kier alpha value is -1.63. The van der Waals surface area contributed by atoms with E-state index in [9.17, 15) is 13.2 Å². The molecular formula is C14H23N3O3S. The summed E-state index contributed by atoms with van der Waals surface area (Å²) >= 11 is 0. The molecular weight excluding hydrogens is 290 g/mol. The fourth-order valence-corrected chi connectivity index (χ4v) is 2.44. The van der Waals surface area contributed by atoms with Crippen LogP contribution in [0.3, 0.4) is 0 Å². The number of nitrogens with zero attached hydrogens (tertiary/aromatic N) is 1. The van der Waals surface area contributed by atoms with Crippen LogP contribution < -0.4 is 10.6 Å². The Morgan fingerprint density at radius 2 is 1.95 bits per heavy atom. The number of hydrogen-bond acceptors (Lipinski definition) is 5. The number of hydrogen-bond donors (Lipinski definition) is 2. The average Bonchev–Trinajstić information content (AvgIpc) is 2.47. The van der Waals surface area contributed by atoms with E-state index < -0.39 is 9.84 Å². The molecule has 0 aromatic carbocycles. The molecule has 0 aliphatic carbocycles. The van der Waals surface area contributed by atoms with Crippen molar-refractivity contribution in [1.82, 2.24) is 10.3 Å². The van der Waals surface area contributed by atoms with Crippen molar-refractivity contribution in [3.8, 4) is 0 Å². The van der Waals surface area contributed by atoms with E-state index in [0.717, 1.165) is 18.7 Å². The summed E-state index contributed by atoms with van der Waals surface area (Å²) in [6.45, 7) is 6.35. The highest BCUT2D eigenvalue weighted by atomic mass is 32.2. The molecule has 0 fully saturated rings. The molecule has 0 aliphatic heterocycles. The first kappa shape index (κ1) is 17.4. The maximum atomic E-state index is 12.1. The first-order chi connectivity index (χ1) is 9.91. The molecule has 1 aromatic rings. The van der Waals surface area contributed by atoms with Gasteiger partial charge >= 0.3 is 0 Å². The number of aromatic nitrogens is 1. The van der Waals surface area contributed by atoms with E-state index in [1.54, 1.807) is 19.1 Å². The fraction of sp³-hybridized carbons (Fsp3) is 0.571. The molecule has 0 unspecified atom stereocenters. The molecule has 1 aromatic heterocycles. The Morgan fingerprint density at radius 1 is 1.24 bits per heavy atom. The van der Waals surface area contributed by atoms with E-state index >= 15 is 0 Å². The molecule has 21 heavy (non-hydrogen) atoms. The molecule has 0 aliphatic rings. The number of carbonyl (C=O) groups excluding carboxylic acids is 1. The summed E-state index contributed by atoms with van der Waals surface area (Å²) in [7, 11) is -3.07. The molecule has 1 heterocycles. The number of aryl methyl sites for hydroxylation is 1. The van der Waals surface area contributed by atoms with E-state index in [-0.39, 0.29) is 24.0 Å². The van der Waals surface area contributed by atoms with Gasteiger partial charge in [0.25, 0.3) is 5.91 Å². The molecule has 0 saturated heterocycles. The molecule has 0 radical (unpaired) electrons. The van der Waals surface area contributed by atoms with Gasteiger partial charge in [-0.3, -0.25) is 4.79 Å². The molecule has 118 valence electrons. The summed E-state index contributed by atoms with van der Waals surface area (Å²) in [5, 5.41) is 5.72. The summed E-state index contributed by atoms with van der Waals surface area (Å²) in [5.74, 6) is 0.421. The number of sulfone groups is 1. The lowest BCUT2D eigenvalue weighted by Gasteiger charge is -2.09. The lowest BCUT2D eigenvalue weighted by molar-refractivity contribution is 0.0956. The highest BCUT2D eigenvalue weighted by Gasteiger charge is 2.11. The van der Waals surface area contributed by atoms with Gasteiger partial charge in [-0.05, 0) is 25.5 Å². The van der Waals surface area contributed by atoms with Crippen LogP contribution in [0.1, 0.15) is 36.8 Å². The van der Waals surface area contributed by atoms with Gasteiger partial charge in [-0.2, -0.15) is 0 Å². The second-order valence-electron chi connectivity index (χ2n) is 4.61. The maximum Gasteiger partial charge on any atom is 0.251 e. The van der Waals surface area contributed by atoms with Crippen molar-refractivity contribution in [2.24, 2.45) is 0 Å². The molecule has 2 N–H and O–H groups in total. The van der Waals surface area contributed by atoms with E-state index in [4.69, 9.17) is 0 Å². The van der Waals surface area contributed by atoms with Gasteiger partial charge < -0.3 is 10.6 Å². The minimum absolute atomic E-state index is 0.0406. The molecule has 1 amide bonds. The first-order valence-electron chi connectivity index (χ1n) is 7.15. The van der Waals surface area contributed by atoms with E-state index in [2.05, 4.69) is 15.6 Å². The molecule has 7 heteroatoms. The predicted octanol–water partition coefficient (Wildman–Crippen LogP) is 1.24. The standard InChI is InChI=1S/C14H23N3O3S/c1-4-12-9-11(10-13(17-12)15-5-2)14(18)16-7-8-21(19,20)6-3/h9-10H,4-8H2,1-3H3,(H,15,17)(H,16,18). The summed E-state index contributed by atoms with van der Waals surface area (Å²) in [4.78, 5) is 16.5. The van der Waals surface area contributed by atoms with Gasteiger partial charge in [0.15, 0.2) is 9.84 Å². The van der Waals surface area contributed by atoms with Crippen molar-refractivity contribution < 1.29 is 13.2 Å². The fourth-order valence-electron chi connectivity index (χ4n) is 1.74.